The van der Waals surface area contributed by atoms with Gasteiger partial charge in [0.05, 0.1) is 10.5 Å². The van der Waals surface area contributed by atoms with E-state index in [-0.39, 0.29) is 16.8 Å². The van der Waals surface area contributed by atoms with Crippen molar-refractivity contribution in [1.29, 1.82) is 0 Å². The van der Waals surface area contributed by atoms with Crippen LogP contribution in [0, 0.1) is 17.0 Å². The van der Waals surface area contributed by atoms with Crippen LogP contribution in [-0.4, -0.2) is 22.9 Å². The van der Waals surface area contributed by atoms with Gasteiger partial charge in [-0.3, -0.25) is 14.9 Å². The quantitative estimate of drug-likeness (QED) is 0.496. The Morgan fingerprint density at radius 1 is 1.24 bits per heavy atom. The van der Waals surface area contributed by atoms with Gasteiger partial charge < -0.3 is 10.1 Å². The number of hydrogen-bond acceptors (Lipinski definition) is 5. The fourth-order valence-corrected chi connectivity index (χ4v) is 2.32. The summed E-state index contributed by atoms with van der Waals surface area (Å²) in [6.45, 7) is 2.86. The molecule has 7 nitrogen and oxygen atoms in total. The first-order chi connectivity index (χ1) is 11.8. The van der Waals surface area contributed by atoms with Crippen LogP contribution in [0.25, 0.3) is 0 Å². The number of hydrogen-bond donors (Lipinski definition) is 1. The summed E-state index contributed by atoms with van der Waals surface area (Å²) in [6, 6.07) is 10.6. The van der Waals surface area contributed by atoms with Crippen molar-refractivity contribution < 1.29 is 19.2 Å². The summed E-state index contributed by atoms with van der Waals surface area (Å²) in [4.78, 5) is 34.7. The first-order valence-corrected chi connectivity index (χ1v) is 7.69. The minimum Gasteiger partial charge on any atom is -0.449 e. The molecule has 2 rings (SSSR count). The number of nitrogens with one attached hydrogen (secondary N) is 1. The molecule has 2 aromatic rings. The largest absolute Gasteiger partial charge is 0.449 e. The normalized spacial score (nSPS) is 11.5. The molecule has 0 unspecified atom stereocenters. The third kappa shape index (κ3) is 4.54. The lowest BCUT2D eigenvalue weighted by Crippen LogP contribution is -2.30. The SMILES string of the molecule is Cc1c(C(=O)O[C@H](C)C(=O)Nc2cccc(Cl)c2)cccc1[N+](=O)[O-]. The Kier molecular flexibility index (Phi) is 5.71. The molecule has 0 saturated heterocycles. The van der Waals surface area contributed by atoms with Crippen molar-refractivity contribution in [3.05, 3.63) is 68.7 Å². The molecule has 1 amide bonds. The molecule has 0 bridgehead atoms. The van der Waals surface area contributed by atoms with Crippen molar-refractivity contribution in [1.82, 2.24) is 0 Å². The summed E-state index contributed by atoms with van der Waals surface area (Å²) < 4.78 is 5.11. The van der Waals surface area contributed by atoms with Gasteiger partial charge in [0, 0.05) is 22.3 Å². The summed E-state index contributed by atoms with van der Waals surface area (Å²) in [7, 11) is 0. The van der Waals surface area contributed by atoms with Gasteiger partial charge in [-0.15, -0.1) is 0 Å². The van der Waals surface area contributed by atoms with Crippen LogP contribution in [-0.2, 0) is 9.53 Å². The summed E-state index contributed by atoms with van der Waals surface area (Å²) in [5.74, 6) is -1.35. The predicted octanol–water partition coefficient (Wildman–Crippen LogP) is 3.74. The molecule has 0 aliphatic rings. The molecule has 0 heterocycles. The van der Waals surface area contributed by atoms with Crippen LogP contribution in [0.4, 0.5) is 11.4 Å². The van der Waals surface area contributed by atoms with E-state index in [4.69, 9.17) is 16.3 Å². The van der Waals surface area contributed by atoms with Crippen LogP contribution < -0.4 is 5.32 Å². The van der Waals surface area contributed by atoms with E-state index in [0.29, 0.717) is 10.7 Å². The minimum absolute atomic E-state index is 0.0385. The third-order valence-corrected chi connectivity index (χ3v) is 3.70. The van der Waals surface area contributed by atoms with Gasteiger partial charge in [-0.2, -0.15) is 0 Å². The van der Waals surface area contributed by atoms with E-state index in [1.807, 2.05) is 0 Å². The van der Waals surface area contributed by atoms with E-state index in [1.54, 1.807) is 24.3 Å². The maximum Gasteiger partial charge on any atom is 0.339 e. The number of amides is 1. The molecule has 130 valence electrons. The standard InChI is InChI=1S/C17H15ClN2O5/c1-10-14(7-4-8-15(10)20(23)24)17(22)25-11(2)16(21)19-13-6-3-5-12(18)9-13/h3-9,11H,1-2H3,(H,19,21)/t11-/m1/s1. The van der Waals surface area contributed by atoms with Gasteiger partial charge in [0.2, 0.25) is 0 Å². The molecule has 0 fully saturated rings. The van der Waals surface area contributed by atoms with Gasteiger partial charge in [0.25, 0.3) is 11.6 Å². The number of carbonyl (C=O) groups excluding carboxylic acids is 2. The van der Waals surface area contributed by atoms with E-state index in [9.17, 15) is 19.7 Å². The van der Waals surface area contributed by atoms with Crippen molar-refractivity contribution in [2.24, 2.45) is 0 Å². The second kappa shape index (κ2) is 7.76. The third-order valence-electron chi connectivity index (χ3n) is 3.47. The zero-order chi connectivity index (χ0) is 18.6. The van der Waals surface area contributed by atoms with Gasteiger partial charge in [0.15, 0.2) is 6.10 Å². The molecule has 2 aromatic carbocycles. The lowest BCUT2D eigenvalue weighted by molar-refractivity contribution is -0.385. The number of esters is 1. The first kappa shape index (κ1) is 18.4. The smallest absolute Gasteiger partial charge is 0.339 e. The lowest BCUT2D eigenvalue weighted by atomic mass is 10.1. The molecule has 0 aliphatic heterocycles. The van der Waals surface area contributed by atoms with Crippen LogP contribution in [0.5, 0.6) is 0 Å². The first-order valence-electron chi connectivity index (χ1n) is 7.31. The van der Waals surface area contributed by atoms with E-state index < -0.39 is 22.9 Å². The Hall–Kier alpha value is -2.93. The van der Waals surface area contributed by atoms with Gasteiger partial charge >= 0.3 is 5.97 Å². The Balaban J connectivity index is 2.08. The summed E-state index contributed by atoms with van der Waals surface area (Å²) in [5.41, 5.74) is 0.494. The van der Waals surface area contributed by atoms with Gasteiger partial charge in [-0.25, -0.2) is 4.79 Å². The number of halogens is 1. The highest BCUT2D eigenvalue weighted by molar-refractivity contribution is 6.30. The molecule has 0 saturated carbocycles. The highest BCUT2D eigenvalue weighted by Crippen LogP contribution is 2.22. The fraction of sp³-hybridized carbons (Fsp3) is 0.176. The monoisotopic (exact) mass is 362 g/mol. The average Bonchev–Trinajstić information content (AvgIpc) is 2.54. The van der Waals surface area contributed by atoms with Crippen LogP contribution in [0.2, 0.25) is 5.02 Å². The highest BCUT2D eigenvalue weighted by atomic mass is 35.5. The summed E-state index contributed by atoms with van der Waals surface area (Å²) in [5, 5.41) is 14.0. The summed E-state index contributed by atoms with van der Waals surface area (Å²) in [6.07, 6.45) is -1.09. The van der Waals surface area contributed by atoms with Crippen molar-refractivity contribution in [2.75, 3.05) is 5.32 Å². The van der Waals surface area contributed by atoms with Crippen LogP contribution in [0.3, 0.4) is 0 Å². The fourth-order valence-electron chi connectivity index (χ4n) is 2.13. The maximum absolute atomic E-state index is 12.2. The van der Waals surface area contributed by atoms with Crippen molar-refractivity contribution in [3.63, 3.8) is 0 Å². The second-order valence-corrected chi connectivity index (χ2v) is 5.69. The maximum atomic E-state index is 12.2. The van der Waals surface area contributed by atoms with Gasteiger partial charge in [0.1, 0.15) is 0 Å². The number of benzene rings is 2. The molecular weight excluding hydrogens is 348 g/mol. The molecule has 25 heavy (non-hydrogen) atoms. The number of nitrogens with zero attached hydrogens (tertiary/aromatic N) is 1. The number of anilines is 1. The second-order valence-electron chi connectivity index (χ2n) is 5.25. The predicted molar refractivity (Wildman–Crippen MR) is 92.8 cm³/mol. The molecule has 0 aromatic heterocycles. The van der Waals surface area contributed by atoms with Crippen LogP contribution >= 0.6 is 11.6 Å². The molecular formula is C17H15ClN2O5. The van der Waals surface area contributed by atoms with Gasteiger partial charge in [-0.1, -0.05) is 23.7 Å². The zero-order valence-corrected chi connectivity index (χ0v) is 14.2. The Morgan fingerprint density at radius 3 is 2.56 bits per heavy atom. The van der Waals surface area contributed by atoms with E-state index in [1.165, 1.54) is 32.0 Å². The Labute approximate surface area is 148 Å². The van der Waals surface area contributed by atoms with Crippen molar-refractivity contribution in [2.45, 2.75) is 20.0 Å². The molecule has 1 N–H and O–H groups in total. The van der Waals surface area contributed by atoms with E-state index in [2.05, 4.69) is 5.32 Å². The number of nitro groups is 1. The lowest BCUT2D eigenvalue weighted by Gasteiger charge is -2.14. The van der Waals surface area contributed by atoms with Crippen molar-refractivity contribution >= 4 is 34.9 Å². The van der Waals surface area contributed by atoms with Gasteiger partial charge in [-0.05, 0) is 38.1 Å². The molecule has 8 heteroatoms. The number of ether oxygens (including phenoxy) is 1. The van der Waals surface area contributed by atoms with E-state index in [0.717, 1.165) is 0 Å². The molecule has 1 atom stereocenters. The minimum atomic E-state index is -1.09. The number of nitro benzene ring substituents is 1. The van der Waals surface area contributed by atoms with Crippen LogP contribution in [0.15, 0.2) is 42.5 Å². The Morgan fingerprint density at radius 2 is 1.92 bits per heavy atom. The van der Waals surface area contributed by atoms with Crippen LogP contribution in [0.1, 0.15) is 22.8 Å². The molecule has 0 radical (unpaired) electrons. The Bertz CT molecular complexity index is 838. The number of carbonyl (C=O) groups is 2. The number of rotatable bonds is 5. The molecule has 0 aliphatic carbocycles. The topological polar surface area (TPSA) is 98.5 Å². The van der Waals surface area contributed by atoms with E-state index >= 15 is 0 Å². The van der Waals surface area contributed by atoms with Crippen molar-refractivity contribution in [3.8, 4) is 0 Å². The zero-order valence-electron chi connectivity index (χ0n) is 13.5. The molecule has 0 spiro atoms. The average molecular weight is 363 g/mol. The summed E-state index contributed by atoms with van der Waals surface area (Å²) >= 11 is 5.84. The highest BCUT2D eigenvalue weighted by Gasteiger charge is 2.23.